The predicted octanol–water partition coefficient (Wildman–Crippen LogP) is 1.30. The van der Waals surface area contributed by atoms with Crippen LogP contribution in [0.25, 0.3) is 0 Å². The van der Waals surface area contributed by atoms with E-state index >= 15 is 0 Å². The van der Waals surface area contributed by atoms with Gasteiger partial charge in [-0.25, -0.2) is 8.42 Å². The molecule has 0 aliphatic heterocycles. The average Bonchev–Trinajstić information content (AvgIpc) is 2.21. The van der Waals surface area contributed by atoms with Crippen molar-refractivity contribution in [2.24, 2.45) is 0 Å². The summed E-state index contributed by atoms with van der Waals surface area (Å²) in [4.78, 5) is 14.5. The number of carbonyl (C=O) groups is 1. The van der Waals surface area contributed by atoms with Gasteiger partial charge >= 0.3 is 5.97 Å². The van der Waals surface area contributed by atoms with E-state index in [0.29, 0.717) is 11.4 Å². The highest BCUT2D eigenvalue weighted by Gasteiger charge is 2.13. The van der Waals surface area contributed by atoms with E-state index in [1.807, 2.05) is 6.92 Å². The zero-order chi connectivity index (χ0) is 13.8. The lowest BCUT2D eigenvalue weighted by Crippen LogP contribution is -2.18. The lowest BCUT2D eigenvalue weighted by atomic mass is 10.3. The minimum atomic E-state index is -3.52. The molecule has 0 aliphatic carbocycles. The molecule has 1 heterocycles. The topological polar surface area (TPSA) is 96.4 Å². The zero-order valence-electron chi connectivity index (χ0n) is 10.3. The molecule has 0 atom stereocenters. The second-order valence-electron chi connectivity index (χ2n) is 4.00. The first-order valence-corrected chi connectivity index (χ1v) is 7.12. The van der Waals surface area contributed by atoms with Gasteiger partial charge in [0, 0.05) is 12.1 Å². The number of anilines is 1. The molecule has 6 nitrogen and oxygen atoms in total. The molecule has 0 radical (unpaired) electrons. The molecule has 0 aromatic carbocycles. The molecule has 2 N–H and O–H groups in total. The SMILES string of the molecule is Cc1ccc(NS(=O)(=O)CCCC(=O)O)c(C)n1. The van der Waals surface area contributed by atoms with Crippen LogP contribution >= 0.6 is 0 Å². The highest BCUT2D eigenvalue weighted by atomic mass is 32.2. The number of aromatic nitrogens is 1. The Hall–Kier alpha value is -1.63. The fraction of sp³-hybridized carbons (Fsp3) is 0.455. The van der Waals surface area contributed by atoms with Crippen LogP contribution in [0.3, 0.4) is 0 Å². The second-order valence-corrected chi connectivity index (χ2v) is 5.85. The lowest BCUT2D eigenvalue weighted by Gasteiger charge is -2.09. The number of carboxylic acid groups (broad SMARTS) is 1. The summed E-state index contributed by atoms with van der Waals surface area (Å²) < 4.78 is 25.8. The molecule has 1 aromatic rings. The molecule has 1 rings (SSSR count). The predicted molar refractivity (Wildman–Crippen MR) is 68.0 cm³/mol. The van der Waals surface area contributed by atoms with Gasteiger partial charge in [0.25, 0.3) is 0 Å². The first kappa shape index (κ1) is 14.4. The van der Waals surface area contributed by atoms with Crippen molar-refractivity contribution in [1.29, 1.82) is 0 Å². The largest absolute Gasteiger partial charge is 0.481 e. The van der Waals surface area contributed by atoms with Crippen molar-refractivity contribution >= 4 is 21.7 Å². The highest BCUT2D eigenvalue weighted by molar-refractivity contribution is 7.92. The van der Waals surface area contributed by atoms with Gasteiger partial charge in [-0.05, 0) is 32.4 Å². The van der Waals surface area contributed by atoms with Gasteiger partial charge in [0.1, 0.15) is 0 Å². The third-order valence-electron chi connectivity index (χ3n) is 2.29. The third-order valence-corrected chi connectivity index (χ3v) is 3.65. The molecule has 0 saturated carbocycles. The normalized spacial score (nSPS) is 11.2. The van der Waals surface area contributed by atoms with E-state index in [-0.39, 0.29) is 18.6 Å². The van der Waals surface area contributed by atoms with Crippen molar-refractivity contribution in [3.8, 4) is 0 Å². The quantitative estimate of drug-likeness (QED) is 0.813. The van der Waals surface area contributed by atoms with Crippen molar-refractivity contribution in [2.45, 2.75) is 26.7 Å². The minimum Gasteiger partial charge on any atom is -0.481 e. The molecule has 0 aliphatic rings. The van der Waals surface area contributed by atoms with Crippen LogP contribution < -0.4 is 4.72 Å². The Bertz CT molecular complexity index is 540. The van der Waals surface area contributed by atoms with Crippen LogP contribution in [0.1, 0.15) is 24.2 Å². The summed E-state index contributed by atoms with van der Waals surface area (Å²) in [6.07, 6.45) is -0.0744. The number of pyridine rings is 1. The maximum absolute atomic E-state index is 11.7. The first-order valence-electron chi connectivity index (χ1n) is 5.47. The second kappa shape index (κ2) is 5.81. The van der Waals surface area contributed by atoms with E-state index in [9.17, 15) is 13.2 Å². The standard InChI is InChI=1S/C11H16N2O4S/c1-8-5-6-10(9(2)12-8)13-18(16,17)7-3-4-11(14)15/h5-6,13H,3-4,7H2,1-2H3,(H,14,15). The van der Waals surface area contributed by atoms with E-state index in [4.69, 9.17) is 5.11 Å². The van der Waals surface area contributed by atoms with Crippen molar-refractivity contribution in [2.75, 3.05) is 10.5 Å². The molecule has 0 amide bonds. The summed E-state index contributed by atoms with van der Waals surface area (Å²) in [5.41, 5.74) is 1.83. The van der Waals surface area contributed by atoms with Gasteiger partial charge in [-0.2, -0.15) is 0 Å². The number of hydrogen-bond donors (Lipinski definition) is 2. The fourth-order valence-corrected chi connectivity index (χ4v) is 2.60. The van der Waals surface area contributed by atoms with E-state index in [1.54, 1.807) is 19.1 Å². The van der Waals surface area contributed by atoms with Gasteiger partial charge in [0.15, 0.2) is 0 Å². The zero-order valence-corrected chi connectivity index (χ0v) is 11.1. The molecule has 0 saturated heterocycles. The molecule has 0 spiro atoms. The molecule has 0 unspecified atom stereocenters. The van der Waals surface area contributed by atoms with Gasteiger partial charge < -0.3 is 5.11 Å². The first-order chi connectivity index (χ1) is 8.30. The Kier molecular flexibility index (Phi) is 4.66. The van der Waals surface area contributed by atoms with Crippen LogP contribution in [-0.4, -0.2) is 30.2 Å². The summed E-state index contributed by atoms with van der Waals surface area (Å²) in [6, 6.07) is 3.36. The van der Waals surface area contributed by atoms with E-state index in [2.05, 4.69) is 9.71 Å². The van der Waals surface area contributed by atoms with Crippen LogP contribution in [0.5, 0.6) is 0 Å². The van der Waals surface area contributed by atoms with E-state index in [1.165, 1.54) is 0 Å². The monoisotopic (exact) mass is 272 g/mol. The number of rotatable bonds is 6. The molecular weight excluding hydrogens is 256 g/mol. The van der Waals surface area contributed by atoms with Gasteiger partial charge in [0.05, 0.1) is 17.1 Å². The highest BCUT2D eigenvalue weighted by Crippen LogP contribution is 2.14. The number of carboxylic acids is 1. The fourth-order valence-electron chi connectivity index (χ4n) is 1.43. The Labute approximate surface area is 106 Å². The van der Waals surface area contributed by atoms with Crippen LogP contribution in [0.15, 0.2) is 12.1 Å². The maximum Gasteiger partial charge on any atom is 0.303 e. The number of hydrogen-bond acceptors (Lipinski definition) is 4. The summed E-state index contributed by atoms with van der Waals surface area (Å²) in [5, 5.41) is 8.45. The van der Waals surface area contributed by atoms with Crippen molar-refractivity contribution in [3.05, 3.63) is 23.5 Å². The van der Waals surface area contributed by atoms with Crippen molar-refractivity contribution in [3.63, 3.8) is 0 Å². The third kappa shape index (κ3) is 4.70. The smallest absolute Gasteiger partial charge is 0.303 e. The summed E-state index contributed by atoms with van der Waals surface area (Å²) in [7, 11) is -3.52. The number of aryl methyl sites for hydroxylation is 2. The maximum atomic E-state index is 11.7. The van der Waals surface area contributed by atoms with Crippen LogP contribution in [-0.2, 0) is 14.8 Å². The Balaban J connectivity index is 2.67. The molecule has 0 bridgehead atoms. The number of sulfonamides is 1. The number of nitrogens with one attached hydrogen (secondary N) is 1. The Morgan fingerprint density at radius 3 is 2.61 bits per heavy atom. The van der Waals surface area contributed by atoms with Gasteiger partial charge in [0.2, 0.25) is 10.0 Å². The summed E-state index contributed by atoms with van der Waals surface area (Å²) in [6.45, 7) is 3.53. The molecule has 18 heavy (non-hydrogen) atoms. The molecule has 7 heteroatoms. The lowest BCUT2D eigenvalue weighted by molar-refractivity contribution is -0.137. The molecular formula is C11H16N2O4S. The van der Waals surface area contributed by atoms with Crippen LogP contribution in [0.2, 0.25) is 0 Å². The summed E-state index contributed by atoms with van der Waals surface area (Å²) in [5.74, 6) is -1.22. The summed E-state index contributed by atoms with van der Waals surface area (Å²) >= 11 is 0. The van der Waals surface area contributed by atoms with E-state index in [0.717, 1.165) is 5.69 Å². The minimum absolute atomic E-state index is 0.0863. The average molecular weight is 272 g/mol. The van der Waals surface area contributed by atoms with Gasteiger partial charge in [-0.1, -0.05) is 0 Å². The molecule has 100 valence electrons. The van der Waals surface area contributed by atoms with Gasteiger partial charge in [-0.3, -0.25) is 14.5 Å². The number of nitrogens with zero attached hydrogens (tertiary/aromatic N) is 1. The van der Waals surface area contributed by atoms with E-state index < -0.39 is 16.0 Å². The van der Waals surface area contributed by atoms with Gasteiger partial charge in [-0.15, -0.1) is 0 Å². The Morgan fingerprint density at radius 1 is 1.39 bits per heavy atom. The number of aliphatic carboxylic acids is 1. The van der Waals surface area contributed by atoms with Crippen LogP contribution in [0.4, 0.5) is 5.69 Å². The van der Waals surface area contributed by atoms with Crippen molar-refractivity contribution in [1.82, 2.24) is 4.98 Å². The van der Waals surface area contributed by atoms with Crippen LogP contribution in [0, 0.1) is 13.8 Å². The van der Waals surface area contributed by atoms with Crippen molar-refractivity contribution < 1.29 is 18.3 Å². The molecule has 0 fully saturated rings. The molecule has 1 aromatic heterocycles. The Morgan fingerprint density at radius 2 is 2.06 bits per heavy atom.